The van der Waals surface area contributed by atoms with Gasteiger partial charge in [0.05, 0.1) is 27.9 Å². The van der Waals surface area contributed by atoms with Crippen LogP contribution in [0.5, 0.6) is 11.5 Å². The van der Waals surface area contributed by atoms with Gasteiger partial charge in [0.15, 0.2) is 0 Å². The molecule has 59 heavy (non-hydrogen) atoms. The van der Waals surface area contributed by atoms with Gasteiger partial charge in [-0.25, -0.2) is 4.98 Å². The van der Waals surface area contributed by atoms with Crippen molar-refractivity contribution in [3.8, 4) is 17.3 Å². The number of pyridine rings is 1. The van der Waals surface area contributed by atoms with Crippen LogP contribution >= 0.6 is 0 Å². The molecule has 0 fully saturated rings. The van der Waals surface area contributed by atoms with Crippen LogP contribution in [0.1, 0.15) is 11.1 Å². The quantitative estimate of drug-likeness (QED) is 0.164. The van der Waals surface area contributed by atoms with Gasteiger partial charge in [-0.2, -0.15) is 0 Å². The number of aromatic nitrogens is 2. The minimum Gasteiger partial charge on any atom is -0.457 e. The van der Waals surface area contributed by atoms with E-state index in [-0.39, 0.29) is 0 Å². The first kappa shape index (κ1) is 33.5. The molecule has 2 aromatic heterocycles. The largest absolute Gasteiger partial charge is 0.457 e. The Morgan fingerprint density at radius 1 is 0.475 bits per heavy atom. The molecular weight excluding hydrogens is 721 g/mol. The van der Waals surface area contributed by atoms with Crippen LogP contribution in [0.2, 0.25) is 0 Å². The van der Waals surface area contributed by atoms with E-state index in [1.165, 1.54) is 65.7 Å². The highest BCUT2D eigenvalue weighted by molar-refractivity contribution is 6.28. The fourth-order valence-electron chi connectivity index (χ4n) is 9.40. The summed E-state index contributed by atoms with van der Waals surface area (Å²) in [4.78, 5) is 10.3. The van der Waals surface area contributed by atoms with Gasteiger partial charge in [0.25, 0.3) is 0 Å². The summed E-state index contributed by atoms with van der Waals surface area (Å²) in [5, 5.41) is 10.7. The van der Waals surface area contributed by atoms with Crippen molar-refractivity contribution in [1.29, 1.82) is 0 Å². The number of aryl methyl sites for hydroxylation is 2. The van der Waals surface area contributed by atoms with Crippen LogP contribution in [0.15, 0.2) is 182 Å². The summed E-state index contributed by atoms with van der Waals surface area (Å²) in [6, 6.07) is 65.2. The molecule has 1 aliphatic heterocycles. The molecule has 5 nitrogen and oxygen atoms in total. The third-order valence-corrected chi connectivity index (χ3v) is 12.2. The molecule has 280 valence electrons. The van der Waals surface area contributed by atoms with Crippen molar-refractivity contribution in [1.82, 2.24) is 9.55 Å². The Kier molecular flexibility index (Phi) is 7.35. The van der Waals surface area contributed by atoms with Crippen molar-refractivity contribution in [2.45, 2.75) is 13.8 Å². The SMILES string of the molecule is Cc1ccc2c(c1)c1cc(C)c(Oc3cccc(N4CN(c5ccccc5)c5ccccc54)c3)cc1n2-c1nc2ccc3ccccc3c2c2c1ccc1ccccc12. The Bertz CT molecular complexity index is 3500. The Balaban J connectivity index is 1.04. The Hall–Kier alpha value is -7.63. The second kappa shape index (κ2) is 12.9. The zero-order chi connectivity index (χ0) is 39.2. The maximum atomic E-state index is 6.92. The second-order valence-electron chi connectivity index (χ2n) is 15.7. The van der Waals surface area contributed by atoms with Crippen molar-refractivity contribution in [3.05, 3.63) is 193 Å². The maximum absolute atomic E-state index is 6.92. The number of nitrogens with zero attached hydrogens (tertiary/aromatic N) is 4. The van der Waals surface area contributed by atoms with Gasteiger partial charge in [0, 0.05) is 50.4 Å². The standard InChI is InChI=1S/C54H38N4O/c1-34-23-28-47-44(29-34)45-30-35(2)51(59-40-18-12-17-39(31-40)57-33-56(38-15-4-3-5-16-38)48-21-10-11-22-49(48)57)32-50(45)58(47)54-43-26-24-36-13-6-8-19-41(36)52(43)53-42-20-9-7-14-37(42)25-27-46(53)55-54/h3-32H,33H2,1-2H3. The highest BCUT2D eigenvalue weighted by Gasteiger charge is 2.28. The molecule has 0 aliphatic carbocycles. The first-order valence-corrected chi connectivity index (χ1v) is 20.2. The van der Waals surface area contributed by atoms with E-state index in [9.17, 15) is 0 Å². The smallest absolute Gasteiger partial charge is 0.146 e. The number of benzene rings is 9. The van der Waals surface area contributed by atoms with Crippen LogP contribution in [0.25, 0.3) is 70.8 Å². The van der Waals surface area contributed by atoms with Crippen molar-refractivity contribution in [3.63, 3.8) is 0 Å². The number of fused-ring (bicyclic) bond motifs is 11. The third-order valence-electron chi connectivity index (χ3n) is 12.2. The molecule has 11 aromatic rings. The van der Waals surface area contributed by atoms with E-state index >= 15 is 0 Å². The van der Waals surface area contributed by atoms with Crippen molar-refractivity contribution < 1.29 is 4.74 Å². The van der Waals surface area contributed by atoms with Crippen molar-refractivity contribution in [2.24, 2.45) is 0 Å². The molecule has 3 heterocycles. The fraction of sp³-hybridized carbons (Fsp3) is 0.0556. The van der Waals surface area contributed by atoms with Gasteiger partial charge in [0.2, 0.25) is 0 Å². The molecule has 0 atom stereocenters. The highest BCUT2D eigenvalue weighted by atomic mass is 16.5. The summed E-state index contributed by atoms with van der Waals surface area (Å²) in [6.45, 7) is 5.01. The lowest BCUT2D eigenvalue weighted by Gasteiger charge is -2.22. The van der Waals surface area contributed by atoms with E-state index in [1.54, 1.807) is 0 Å². The topological polar surface area (TPSA) is 33.5 Å². The average Bonchev–Trinajstić information content (AvgIpc) is 3.81. The number of ether oxygens (including phenoxy) is 1. The predicted octanol–water partition coefficient (Wildman–Crippen LogP) is 14.4. The molecule has 5 heteroatoms. The van der Waals surface area contributed by atoms with Gasteiger partial charge < -0.3 is 14.5 Å². The molecule has 9 aromatic carbocycles. The highest BCUT2D eigenvalue weighted by Crippen LogP contribution is 2.46. The van der Waals surface area contributed by atoms with Crippen LogP contribution in [0.3, 0.4) is 0 Å². The van der Waals surface area contributed by atoms with Gasteiger partial charge in [0.1, 0.15) is 24.0 Å². The normalized spacial score (nSPS) is 12.8. The summed E-state index contributed by atoms with van der Waals surface area (Å²) < 4.78 is 9.28. The molecule has 0 saturated carbocycles. The lowest BCUT2D eigenvalue weighted by Crippen LogP contribution is -2.23. The summed E-state index contributed by atoms with van der Waals surface area (Å²) in [5.41, 5.74) is 10.0. The monoisotopic (exact) mass is 758 g/mol. The maximum Gasteiger partial charge on any atom is 0.146 e. The average molecular weight is 759 g/mol. The number of anilines is 4. The van der Waals surface area contributed by atoms with Crippen LogP contribution in [0.4, 0.5) is 22.7 Å². The minimum absolute atomic E-state index is 0.703. The van der Waals surface area contributed by atoms with Crippen LogP contribution < -0.4 is 14.5 Å². The molecule has 0 unspecified atom stereocenters. The number of rotatable bonds is 5. The molecule has 0 N–H and O–H groups in total. The molecule has 0 amide bonds. The van der Waals surface area contributed by atoms with E-state index in [0.717, 1.165) is 50.5 Å². The van der Waals surface area contributed by atoms with Gasteiger partial charge in [-0.15, -0.1) is 0 Å². The lowest BCUT2D eigenvalue weighted by molar-refractivity contribution is 0.479. The van der Waals surface area contributed by atoms with Crippen LogP contribution in [0, 0.1) is 13.8 Å². The molecular formula is C54H38N4O. The van der Waals surface area contributed by atoms with E-state index in [2.05, 4.69) is 210 Å². The fourth-order valence-corrected chi connectivity index (χ4v) is 9.40. The van der Waals surface area contributed by atoms with E-state index in [4.69, 9.17) is 9.72 Å². The predicted molar refractivity (Wildman–Crippen MR) is 247 cm³/mol. The van der Waals surface area contributed by atoms with Crippen molar-refractivity contribution >= 4 is 87.8 Å². The second-order valence-corrected chi connectivity index (χ2v) is 15.7. The molecule has 1 aliphatic rings. The third kappa shape index (κ3) is 5.21. The Labute approximate surface area is 341 Å². The molecule has 0 saturated heterocycles. The summed E-state index contributed by atoms with van der Waals surface area (Å²) >= 11 is 0. The minimum atomic E-state index is 0.703. The summed E-state index contributed by atoms with van der Waals surface area (Å²) in [6.07, 6.45) is 0. The molecule has 0 radical (unpaired) electrons. The van der Waals surface area contributed by atoms with Gasteiger partial charge in [-0.1, -0.05) is 109 Å². The summed E-state index contributed by atoms with van der Waals surface area (Å²) in [7, 11) is 0. The zero-order valence-electron chi connectivity index (χ0n) is 32.7. The number of para-hydroxylation sites is 3. The Morgan fingerprint density at radius 2 is 1.14 bits per heavy atom. The van der Waals surface area contributed by atoms with Gasteiger partial charge >= 0.3 is 0 Å². The Morgan fingerprint density at radius 3 is 1.93 bits per heavy atom. The van der Waals surface area contributed by atoms with Crippen LogP contribution in [-0.4, -0.2) is 16.2 Å². The van der Waals surface area contributed by atoms with E-state index in [0.29, 0.717) is 6.67 Å². The van der Waals surface area contributed by atoms with Crippen LogP contribution in [-0.2, 0) is 0 Å². The molecule has 0 spiro atoms. The first-order valence-electron chi connectivity index (χ1n) is 20.2. The van der Waals surface area contributed by atoms with Gasteiger partial charge in [-0.05, 0) is 108 Å². The van der Waals surface area contributed by atoms with E-state index in [1.807, 2.05) is 0 Å². The lowest BCUT2D eigenvalue weighted by atomic mass is 9.95. The molecule has 12 rings (SSSR count). The zero-order valence-corrected chi connectivity index (χ0v) is 32.7. The number of hydrogen-bond acceptors (Lipinski definition) is 4. The van der Waals surface area contributed by atoms with Gasteiger partial charge in [-0.3, -0.25) is 4.57 Å². The number of hydrogen-bond donors (Lipinski definition) is 0. The van der Waals surface area contributed by atoms with E-state index < -0.39 is 0 Å². The summed E-state index contributed by atoms with van der Waals surface area (Å²) in [5.74, 6) is 2.50. The molecule has 0 bridgehead atoms. The first-order chi connectivity index (χ1) is 29.1. The van der Waals surface area contributed by atoms with Crippen molar-refractivity contribution in [2.75, 3.05) is 16.5 Å².